The van der Waals surface area contributed by atoms with Gasteiger partial charge in [0.1, 0.15) is 6.04 Å². The highest BCUT2D eigenvalue weighted by Gasteiger charge is 2.32. The van der Waals surface area contributed by atoms with Gasteiger partial charge in [-0.25, -0.2) is 4.98 Å². The molecule has 118 valence electrons. The molecular formula is C16H23N5O. The monoisotopic (exact) mass is 301 g/mol. The van der Waals surface area contributed by atoms with Gasteiger partial charge in [0.15, 0.2) is 0 Å². The highest BCUT2D eigenvalue weighted by atomic mass is 16.2. The molecule has 1 aliphatic rings. The number of rotatable bonds is 4. The second-order valence-corrected chi connectivity index (χ2v) is 6.12. The van der Waals surface area contributed by atoms with Crippen LogP contribution in [0.2, 0.25) is 0 Å². The first-order valence-corrected chi connectivity index (χ1v) is 7.85. The molecule has 6 nitrogen and oxygen atoms in total. The average Bonchev–Trinajstić information content (AvgIpc) is 3.20. The Morgan fingerprint density at radius 1 is 1.45 bits per heavy atom. The van der Waals surface area contributed by atoms with E-state index in [1.54, 1.807) is 12.5 Å². The molecule has 1 saturated heterocycles. The van der Waals surface area contributed by atoms with E-state index in [4.69, 9.17) is 0 Å². The van der Waals surface area contributed by atoms with Gasteiger partial charge >= 0.3 is 0 Å². The van der Waals surface area contributed by atoms with Crippen molar-refractivity contribution in [2.75, 3.05) is 6.54 Å². The topological polar surface area (TPSA) is 56.0 Å². The third-order valence-electron chi connectivity index (χ3n) is 4.48. The molecule has 0 aromatic carbocycles. The first-order valence-electron chi connectivity index (χ1n) is 7.85. The van der Waals surface area contributed by atoms with Gasteiger partial charge < -0.3 is 9.47 Å². The quantitative estimate of drug-likeness (QED) is 0.867. The number of carbonyl (C=O) groups is 1. The molecule has 3 rings (SSSR count). The Hall–Kier alpha value is -2.11. The van der Waals surface area contributed by atoms with Crippen molar-refractivity contribution in [3.05, 3.63) is 36.2 Å². The van der Waals surface area contributed by atoms with Crippen molar-refractivity contribution in [1.29, 1.82) is 0 Å². The van der Waals surface area contributed by atoms with Crippen LogP contribution in [0.3, 0.4) is 0 Å². The zero-order chi connectivity index (χ0) is 15.7. The van der Waals surface area contributed by atoms with Crippen LogP contribution in [0, 0.1) is 13.8 Å². The molecule has 1 aliphatic heterocycles. The van der Waals surface area contributed by atoms with Crippen LogP contribution < -0.4 is 0 Å². The van der Waals surface area contributed by atoms with E-state index in [9.17, 15) is 4.79 Å². The van der Waals surface area contributed by atoms with E-state index in [0.29, 0.717) is 0 Å². The molecule has 0 unspecified atom stereocenters. The molecule has 2 atom stereocenters. The zero-order valence-electron chi connectivity index (χ0n) is 13.4. The number of likely N-dealkylation sites (tertiary alicyclic amines) is 1. The van der Waals surface area contributed by atoms with Crippen molar-refractivity contribution in [2.24, 2.45) is 0 Å². The maximum absolute atomic E-state index is 12.8. The van der Waals surface area contributed by atoms with Gasteiger partial charge in [0.25, 0.3) is 0 Å². The second-order valence-electron chi connectivity index (χ2n) is 6.12. The summed E-state index contributed by atoms with van der Waals surface area (Å²) in [6.45, 7) is 7.62. The fourth-order valence-electron chi connectivity index (χ4n) is 3.24. The molecule has 0 aliphatic carbocycles. The molecule has 1 fully saturated rings. The van der Waals surface area contributed by atoms with Gasteiger partial charge in [-0.1, -0.05) is 0 Å². The lowest BCUT2D eigenvalue weighted by Gasteiger charge is -2.28. The minimum atomic E-state index is -0.205. The highest BCUT2D eigenvalue weighted by molar-refractivity contribution is 5.80. The fourth-order valence-corrected chi connectivity index (χ4v) is 3.24. The van der Waals surface area contributed by atoms with Crippen LogP contribution in [0.15, 0.2) is 24.8 Å². The molecule has 6 heteroatoms. The van der Waals surface area contributed by atoms with Crippen LogP contribution in [0.1, 0.15) is 37.2 Å². The lowest BCUT2D eigenvalue weighted by molar-refractivity contribution is -0.135. The van der Waals surface area contributed by atoms with Gasteiger partial charge in [0, 0.05) is 24.6 Å². The molecule has 1 amide bonds. The minimum Gasteiger partial charge on any atom is -0.336 e. The third kappa shape index (κ3) is 2.77. The molecule has 3 heterocycles. The van der Waals surface area contributed by atoms with Crippen LogP contribution >= 0.6 is 0 Å². The number of nitrogens with zero attached hydrogens (tertiary/aromatic N) is 5. The van der Waals surface area contributed by atoms with E-state index >= 15 is 0 Å². The lowest BCUT2D eigenvalue weighted by Crippen LogP contribution is -2.41. The zero-order valence-corrected chi connectivity index (χ0v) is 13.4. The van der Waals surface area contributed by atoms with E-state index in [1.165, 1.54) is 0 Å². The first-order chi connectivity index (χ1) is 10.6. The summed E-state index contributed by atoms with van der Waals surface area (Å²) >= 11 is 0. The Morgan fingerprint density at radius 3 is 2.91 bits per heavy atom. The summed E-state index contributed by atoms with van der Waals surface area (Å²) < 4.78 is 3.88. The van der Waals surface area contributed by atoms with Gasteiger partial charge in [-0.2, -0.15) is 5.10 Å². The predicted molar refractivity (Wildman–Crippen MR) is 83.4 cm³/mol. The van der Waals surface area contributed by atoms with E-state index in [-0.39, 0.29) is 18.0 Å². The van der Waals surface area contributed by atoms with Crippen LogP contribution in [0.4, 0.5) is 0 Å². The number of hydrogen-bond donors (Lipinski definition) is 0. The molecule has 2 aromatic rings. The Balaban J connectivity index is 1.72. The van der Waals surface area contributed by atoms with Gasteiger partial charge in [0.05, 0.1) is 24.6 Å². The molecule has 0 spiro atoms. The summed E-state index contributed by atoms with van der Waals surface area (Å²) in [5.41, 5.74) is 2.18. The molecule has 0 N–H and O–H groups in total. The predicted octanol–water partition coefficient (Wildman–Crippen LogP) is 1.95. The van der Waals surface area contributed by atoms with Crippen molar-refractivity contribution < 1.29 is 4.79 Å². The minimum absolute atomic E-state index is 0.169. The van der Waals surface area contributed by atoms with Crippen molar-refractivity contribution in [2.45, 2.75) is 52.2 Å². The van der Waals surface area contributed by atoms with Crippen molar-refractivity contribution >= 4 is 5.91 Å². The summed E-state index contributed by atoms with van der Waals surface area (Å²) in [4.78, 5) is 18.8. The van der Waals surface area contributed by atoms with Crippen LogP contribution in [-0.2, 0) is 11.3 Å². The summed E-state index contributed by atoms with van der Waals surface area (Å²) in [6.07, 6.45) is 7.36. The molecule has 22 heavy (non-hydrogen) atoms. The average molecular weight is 301 g/mol. The highest BCUT2D eigenvalue weighted by Crippen LogP contribution is 2.23. The molecule has 2 aromatic heterocycles. The molecular weight excluding hydrogens is 278 g/mol. The van der Waals surface area contributed by atoms with E-state index in [2.05, 4.69) is 23.1 Å². The summed E-state index contributed by atoms with van der Waals surface area (Å²) in [6, 6.07) is 2.11. The van der Waals surface area contributed by atoms with Crippen LogP contribution in [0.5, 0.6) is 0 Å². The first kappa shape index (κ1) is 14.8. The number of carbonyl (C=O) groups excluding carboxylic acids is 1. The van der Waals surface area contributed by atoms with Gasteiger partial charge in [-0.05, 0) is 39.7 Å². The Bertz CT molecular complexity index is 646. The molecule has 0 bridgehead atoms. The molecule has 0 saturated carbocycles. The van der Waals surface area contributed by atoms with Gasteiger partial charge in [-0.3, -0.25) is 9.48 Å². The van der Waals surface area contributed by atoms with Gasteiger partial charge in [0.2, 0.25) is 5.91 Å². The summed E-state index contributed by atoms with van der Waals surface area (Å²) in [5, 5.41) is 4.53. The number of amides is 1. The fraction of sp³-hybridized carbons (Fsp3) is 0.562. The van der Waals surface area contributed by atoms with Crippen LogP contribution in [0.25, 0.3) is 0 Å². The summed E-state index contributed by atoms with van der Waals surface area (Å²) in [5.74, 6) is 0.169. The standard InChI is InChI=1S/C16H23N5O/c1-12-9-13(2)21(18-12)10-15-5-4-7-20(15)16(22)14(3)19-8-6-17-11-19/h6,8-9,11,14-15H,4-5,7,10H2,1-3H3/t14-,15-/m0/s1. The van der Waals surface area contributed by atoms with Gasteiger partial charge in [-0.15, -0.1) is 0 Å². The van der Waals surface area contributed by atoms with E-state index < -0.39 is 0 Å². The van der Waals surface area contributed by atoms with Crippen molar-refractivity contribution in [3.8, 4) is 0 Å². The number of hydrogen-bond acceptors (Lipinski definition) is 3. The molecule has 0 radical (unpaired) electrons. The summed E-state index contributed by atoms with van der Waals surface area (Å²) in [7, 11) is 0. The van der Waals surface area contributed by atoms with E-state index in [0.717, 1.165) is 37.3 Å². The third-order valence-corrected chi connectivity index (χ3v) is 4.48. The maximum Gasteiger partial charge on any atom is 0.245 e. The lowest BCUT2D eigenvalue weighted by atomic mass is 10.2. The normalized spacial score (nSPS) is 19.6. The Morgan fingerprint density at radius 2 is 2.27 bits per heavy atom. The van der Waals surface area contributed by atoms with Crippen molar-refractivity contribution in [3.63, 3.8) is 0 Å². The number of aromatic nitrogens is 4. The number of aryl methyl sites for hydroxylation is 2. The SMILES string of the molecule is Cc1cc(C)n(C[C@@H]2CCCN2C(=O)[C@H](C)n2ccnc2)n1. The Labute approximate surface area is 130 Å². The maximum atomic E-state index is 12.8. The van der Waals surface area contributed by atoms with Crippen LogP contribution in [-0.4, -0.2) is 42.7 Å². The largest absolute Gasteiger partial charge is 0.336 e. The van der Waals surface area contributed by atoms with Crippen molar-refractivity contribution in [1.82, 2.24) is 24.2 Å². The Kier molecular flexibility index (Phi) is 4.00. The smallest absolute Gasteiger partial charge is 0.245 e. The number of imidazole rings is 1. The van der Waals surface area contributed by atoms with E-state index in [1.807, 2.05) is 34.2 Å². The second kappa shape index (κ2) is 5.94.